The van der Waals surface area contributed by atoms with Crippen LogP contribution >= 0.6 is 0 Å². The first-order valence-corrected chi connectivity index (χ1v) is 5.62. The van der Waals surface area contributed by atoms with Gasteiger partial charge in [0, 0.05) is 18.7 Å². The molecule has 15 heavy (non-hydrogen) atoms. The van der Waals surface area contributed by atoms with Gasteiger partial charge in [0.25, 0.3) is 0 Å². The molecule has 0 bridgehead atoms. The largest absolute Gasteiger partial charge is 0.312 e. The zero-order chi connectivity index (χ0) is 10.8. The molecule has 1 heterocycles. The number of amides is 1. The van der Waals surface area contributed by atoms with Gasteiger partial charge in [0.2, 0.25) is 5.91 Å². The zero-order valence-electron chi connectivity index (χ0n) is 9.42. The predicted octanol–water partition coefficient (Wildman–Crippen LogP) is 2.68. The molecule has 0 unspecified atom stereocenters. The van der Waals surface area contributed by atoms with Gasteiger partial charge in [0.1, 0.15) is 0 Å². The monoisotopic (exact) mass is 203 g/mol. The standard InChI is InChI=1S/C13H17NO/c1-3-8-14-12-6-4-10(2)9-11(12)5-7-13(14)15/h4,6,9H,3,5,7-8H2,1-2H3. The van der Waals surface area contributed by atoms with Crippen LogP contribution in [0.4, 0.5) is 5.69 Å². The van der Waals surface area contributed by atoms with Crippen molar-refractivity contribution in [2.45, 2.75) is 33.1 Å². The predicted molar refractivity (Wildman–Crippen MR) is 62.1 cm³/mol. The van der Waals surface area contributed by atoms with Crippen molar-refractivity contribution in [3.63, 3.8) is 0 Å². The smallest absolute Gasteiger partial charge is 0.227 e. The molecule has 0 N–H and O–H groups in total. The van der Waals surface area contributed by atoms with Gasteiger partial charge < -0.3 is 4.90 Å². The number of aryl methyl sites for hydroxylation is 2. The quantitative estimate of drug-likeness (QED) is 0.723. The van der Waals surface area contributed by atoms with Gasteiger partial charge in [0.15, 0.2) is 0 Å². The van der Waals surface area contributed by atoms with Crippen LogP contribution in [0.3, 0.4) is 0 Å². The lowest BCUT2D eigenvalue weighted by Crippen LogP contribution is -2.35. The maximum absolute atomic E-state index is 11.8. The van der Waals surface area contributed by atoms with E-state index in [4.69, 9.17) is 0 Å². The van der Waals surface area contributed by atoms with E-state index in [0.717, 1.165) is 25.1 Å². The molecule has 1 aliphatic rings. The molecule has 1 aromatic rings. The highest BCUT2D eigenvalue weighted by atomic mass is 16.2. The fourth-order valence-electron chi connectivity index (χ4n) is 2.16. The highest BCUT2D eigenvalue weighted by Crippen LogP contribution is 2.28. The van der Waals surface area contributed by atoms with Gasteiger partial charge in [-0.25, -0.2) is 0 Å². The highest BCUT2D eigenvalue weighted by molar-refractivity contribution is 5.96. The average molecular weight is 203 g/mol. The van der Waals surface area contributed by atoms with E-state index in [0.29, 0.717) is 6.42 Å². The third kappa shape index (κ3) is 1.89. The summed E-state index contributed by atoms with van der Waals surface area (Å²) in [5.74, 6) is 0.271. The molecule has 1 amide bonds. The molecule has 0 fully saturated rings. The lowest BCUT2D eigenvalue weighted by molar-refractivity contribution is -0.118. The summed E-state index contributed by atoms with van der Waals surface area (Å²) in [6.45, 7) is 5.05. The molecule has 0 aromatic heterocycles. The SMILES string of the molecule is CCCN1C(=O)CCc2cc(C)ccc21. The Morgan fingerprint density at radius 1 is 1.33 bits per heavy atom. The van der Waals surface area contributed by atoms with Gasteiger partial charge in [-0.3, -0.25) is 4.79 Å². The first-order valence-electron chi connectivity index (χ1n) is 5.62. The Kier molecular flexibility index (Phi) is 2.76. The minimum Gasteiger partial charge on any atom is -0.312 e. The van der Waals surface area contributed by atoms with Crippen LogP contribution in [0.2, 0.25) is 0 Å². The first kappa shape index (κ1) is 10.2. The van der Waals surface area contributed by atoms with Crippen LogP contribution in [0.1, 0.15) is 30.9 Å². The van der Waals surface area contributed by atoms with Crippen molar-refractivity contribution >= 4 is 11.6 Å². The summed E-state index contributed by atoms with van der Waals surface area (Å²) in [5.41, 5.74) is 3.72. The number of fused-ring (bicyclic) bond motifs is 1. The second-order valence-corrected chi connectivity index (χ2v) is 4.18. The van der Waals surface area contributed by atoms with E-state index in [1.54, 1.807) is 0 Å². The molecule has 2 heteroatoms. The Balaban J connectivity index is 2.39. The van der Waals surface area contributed by atoms with E-state index < -0.39 is 0 Å². The van der Waals surface area contributed by atoms with Gasteiger partial charge in [0.05, 0.1) is 0 Å². The van der Waals surface area contributed by atoms with Crippen LogP contribution < -0.4 is 4.90 Å². The fraction of sp³-hybridized carbons (Fsp3) is 0.462. The fourth-order valence-corrected chi connectivity index (χ4v) is 2.16. The number of rotatable bonds is 2. The number of benzene rings is 1. The molecule has 1 aliphatic heterocycles. The van der Waals surface area contributed by atoms with Crippen molar-refractivity contribution < 1.29 is 4.79 Å². The lowest BCUT2D eigenvalue weighted by atomic mass is 9.99. The molecule has 2 rings (SSSR count). The van der Waals surface area contributed by atoms with Crippen molar-refractivity contribution in [3.8, 4) is 0 Å². The number of hydrogen-bond donors (Lipinski definition) is 0. The Labute approximate surface area is 90.9 Å². The van der Waals surface area contributed by atoms with Crippen LogP contribution in [-0.4, -0.2) is 12.5 Å². The van der Waals surface area contributed by atoms with Gasteiger partial charge in [-0.1, -0.05) is 24.6 Å². The Morgan fingerprint density at radius 2 is 2.13 bits per heavy atom. The van der Waals surface area contributed by atoms with Crippen LogP contribution in [-0.2, 0) is 11.2 Å². The highest BCUT2D eigenvalue weighted by Gasteiger charge is 2.22. The van der Waals surface area contributed by atoms with Crippen molar-refractivity contribution in [2.75, 3.05) is 11.4 Å². The molecule has 0 spiro atoms. The molecule has 1 aromatic carbocycles. The second kappa shape index (κ2) is 4.05. The van der Waals surface area contributed by atoms with Crippen molar-refractivity contribution in [1.29, 1.82) is 0 Å². The maximum Gasteiger partial charge on any atom is 0.227 e. The normalized spacial score (nSPS) is 15.3. The Morgan fingerprint density at radius 3 is 2.87 bits per heavy atom. The van der Waals surface area contributed by atoms with E-state index >= 15 is 0 Å². The molecular weight excluding hydrogens is 186 g/mol. The van der Waals surface area contributed by atoms with Gasteiger partial charge in [-0.2, -0.15) is 0 Å². The topological polar surface area (TPSA) is 20.3 Å². The van der Waals surface area contributed by atoms with E-state index in [-0.39, 0.29) is 5.91 Å². The number of carbonyl (C=O) groups excluding carboxylic acids is 1. The molecule has 80 valence electrons. The van der Waals surface area contributed by atoms with Crippen molar-refractivity contribution in [3.05, 3.63) is 29.3 Å². The van der Waals surface area contributed by atoms with Gasteiger partial charge in [-0.05, 0) is 31.4 Å². The van der Waals surface area contributed by atoms with E-state index in [1.807, 2.05) is 4.90 Å². The Hall–Kier alpha value is -1.31. The van der Waals surface area contributed by atoms with E-state index in [2.05, 4.69) is 32.0 Å². The molecule has 2 nitrogen and oxygen atoms in total. The summed E-state index contributed by atoms with van der Waals surface area (Å²) in [6, 6.07) is 6.36. The second-order valence-electron chi connectivity index (χ2n) is 4.18. The summed E-state index contributed by atoms with van der Waals surface area (Å²) in [7, 11) is 0. The van der Waals surface area contributed by atoms with Crippen LogP contribution in [0.25, 0.3) is 0 Å². The summed E-state index contributed by atoms with van der Waals surface area (Å²) in [6.07, 6.45) is 2.57. The van der Waals surface area contributed by atoms with Crippen LogP contribution in [0.5, 0.6) is 0 Å². The average Bonchev–Trinajstić information content (AvgIpc) is 2.22. The van der Waals surface area contributed by atoms with Crippen LogP contribution in [0.15, 0.2) is 18.2 Å². The number of nitrogens with zero attached hydrogens (tertiary/aromatic N) is 1. The van der Waals surface area contributed by atoms with Crippen molar-refractivity contribution in [2.24, 2.45) is 0 Å². The van der Waals surface area contributed by atoms with E-state index in [9.17, 15) is 4.79 Å². The van der Waals surface area contributed by atoms with Gasteiger partial charge >= 0.3 is 0 Å². The molecule has 0 saturated carbocycles. The Bertz CT molecular complexity index is 384. The third-order valence-electron chi connectivity index (χ3n) is 2.88. The molecular formula is C13H17NO. The first-order chi connectivity index (χ1) is 7.22. The number of carbonyl (C=O) groups is 1. The van der Waals surface area contributed by atoms with Gasteiger partial charge in [-0.15, -0.1) is 0 Å². The molecule has 0 aliphatic carbocycles. The third-order valence-corrected chi connectivity index (χ3v) is 2.88. The number of anilines is 1. The summed E-state index contributed by atoms with van der Waals surface area (Å²) in [4.78, 5) is 13.7. The minimum absolute atomic E-state index is 0.271. The summed E-state index contributed by atoms with van der Waals surface area (Å²) < 4.78 is 0. The summed E-state index contributed by atoms with van der Waals surface area (Å²) >= 11 is 0. The van der Waals surface area contributed by atoms with Crippen LogP contribution in [0, 0.1) is 6.92 Å². The summed E-state index contributed by atoms with van der Waals surface area (Å²) in [5, 5.41) is 0. The maximum atomic E-state index is 11.8. The molecule has 0 radical (unpaired) electrons. The minimum atomic E-state index is 0.271. The molecule has 0 atom stereocenters. The van der Waals surface area contributed by atoms with E-state index in [1.165, 1.54) is 11.1 Å². The number of hydrogen-bond acceptors (Lipinski definition) is 1. The van der Waals surface area contributed by atoms with Crippen molar-refractivity contribution in [1.82, 2.24) is 0 Å². The lowest BCUT2D eigenvalue weighted by Gasteiger charge is -2.29. The molecule has 0 saturated heterocycles. The zero-order valence-corrected chi connectivity index (χ0v) is 9.42.